The van der Waals surface area contributed by atoms with Gasteiger partial charge in [-0.05, 0) is 50.2 Å². The molecule has 2 aliphatic carbocycles. The standard InChI is InChI=1S/C12H16/c1-9-7-8-11-5-3-4-6-12(11)10(9)2/h3-4,6,11H,5,7-8H2,1-2H3. The van der Waals surface area contributed by atoms with Crippen LogP contribution in [0.25, 0.3) is 0 Å². The zero-order chi connectivity index (χ0) is 8.55. The predicted octanol–water partition coefficient (Wildman–Crippen LogP) is 3.62. The molecule has 0 aromatic rings. The second kappa shape index (κ2) is 2.93. The minimum absolute atomic E-state index is 0.832. The van der Waals surface area contributed by atoms with Crippen molar-refractivity contribution in [1.29, 1.82) is 0 Å². The molecule has 0 heterocycles. The topological polar surface area (TPSA) is 0 Å². The van der Waals surface area contributed by atoms with Crippen molar-refractivity contribution >= 4 is 0 Å². The van der Waals surface area contributed by atoms with Gasteiger partial charge in [0.1, 0.15) is 0 Å². The molecule has 1 unspecified atom stereocenters. The van der Waals surface area contributed by atoms with Crippen molar-refractivity contribution in [3.8, 4) is 0 Å². The second-order valence-corrected chi connectivity index (χ2v) is 3.93. The third-order valence-corrected chi connectivity index (χ3v) is 3.21. The third-order valence-electron chi connectivity index (χ3n) is 3.21. The largest absolute Gasteiger partial charge is 0.0839 e. The molecular formula is C12H16. The van der Waals surface area contributed by atoms with Crippen molar-refractivity contribution in [2.75, 3.05) is 0 Å². The molecule has 0 saturated heterocycles. The van der Waals surface area contributed by atoms with E-state index in [1.54, 1.807) is 16.7 Å². The SMILES string of the molecule is CC1=C(C)C2=CC=CCC2CC1. The average molecular weight is 160 g/mol. The molecule has 0 heteroatoms. The lowest BCUT2D eigenvalue weighted by Gasteiger charge is -2.28. The Labute approximate surface area is 74.7 Å². The Balaban J connectivity index is 2.39. The first-order valence-corrected chi connectivity index (χ1v) is 4.82. The summed E-state index contributed by atoms with van der Waals surface area (Å²) in [4.78, 5) is 0. The molecule has 0 aromatic heterocycles. The highest BCUT2D eigenvalue weighted by molar-refractivity contribution is 5.41. The van der Waals surface area contributed by atoms with E-state index in [-0.39, 0.29) is 0 Å². The van der Waals surface area contributed by atoms with Gasteiger partial charge in [-0.25, -0.2) is 0 Å². The predicted molar refractivity (Wildman–Crippen MR) is 52.9 cm³/mol. The molecular weight excluding hydrogens is 144 g/mol. The Morgan fingerprint density at radius 2 is 2.17 bits per heavy atom. The van der Waals surface area contributed by atoms with E-state index in [2.05, 4.69) is 32.1 Å². The zero-order valence-electron chi connectivity index (χ0n) is 7.93. The number of fused-ring (bicyclic) bond motifs is 1. The van der Waals surface area contributed by atoms with E-state index >= 15 is 0 Å². The summed E-state index contributed by atoms with van der Waals surface area (Å²) < 4.78 is 0. The second-order valence-electron chi connectivity index (χ2n) is 3.93. The average Bonchev–Trinajstić information content (AvgIpc) is 2.12. The quantitative estimate of drug-likeness (QED) is 0.507. The number of allylic oxidation sites excluding steroid dienone is 6. The summed E-state index contributed by atoms with van der Waals surface area (Å²) in [7, 11) is 0. The Bertz CT molecular complexity index is 276. The maximum absolute atomic E-state index is 2.30. The molecule has 0 fully saturated rings. The van der Waals surface area contributed by atoms with E-state index in [9.17, 15) is 0 Å². The highest BCUT2D eigenvalue weighted by Crippen LogP contribution is 2.37. The lowest BCUT2D eigenvalue weighted by atomic mass is 9.77. The molecule has 1 atom stereocenters. The summed E-state index contributed by atoms with van der Waals surface area (Å²) in [6.07, 6.45) is 10.7. The van der Waals surface area contributed by atoms with Crippen molar-refractivity contribution < 1.29 is 0 Å². The molecule has 0 aliphatic heterocycles. The van der Waals surface area contributed by atoms with Crippen molar-refractivity contribution in [3.05, 3.63) is 34.9 Å². The van der Waals surface area contributed by atoms with E-state index in [4.69, 9.17) is 0 Å². The van der Waals surface area contributed by atoms with Gasteiger partial charge in [0.05, 0.1) is 0 Å². The van der Waals surface area contributed by atoms with Gasteiger partial charge < -0.3 is 0 Å². The van der Waals surface area contributed by atoms with E-state index in [0.29, 0.717) is 0 Å². The highest BCUT2D eigenvalue weighted by atomic mass is 14.3. The molecule has 0 N–H and O–H groups in total. The van der Waals surface area contributed by atoms with Crippen LogP contribution in [0.15, 0.2) is 34.9 Å². The van der Waals surface area contributed by atoms with Gasteiger partial charge in [0.15, 0.2) is 0 Å². The molecule has 2 aliphatic rings. The fraction of sp³-hybridized carbons (Fsp3) is 0.500. The van der Waals surface area contributed by atoms with Gasteiger partial charge >= 0.3 is 0 Å². The summed E-state index contributed by atoms with van der Waals surface area (Å²) in [5.74, 6) is 0.832. The van der Waals surface area contributed by atoms with E-state index in [1.165, 1.54) is 19.3 Å². The molecule has 0 aromatic carbocycles. The van der Waals surface area contributed by atoms with Crippen molar-refractivity contribution in [3.63, 3.8) is 0 Å². The number of hydrogen-bond acceptors (Lipinski definition) is 0. The Morgan fingerprint density at radius 1 is 1.33 bits per heavy atom. The maximum atomic E-state index is 2.30. The monoisotopic (exact) mass is 160 g/mol. The maximum Gasteiger partial charge on any atom is -0.0122 e. The molecule has 2 rings (SSSR count). The Morgan fingerprint density at radius 3 is 3.00 bits per heavy atom. The Hall–Kier alpha value is -0.780. The highest BCUT2D eigenvalue weighted by Gasteiger charge is 2.21. The van der Waals surface area contributed by atoms with Gasteiger partial charge in [-0.1, -0.05) is 23.8 Å². The van der Waals surface area contributed by atoms with Gasteiger partial charge in [-0.2, -0.15) is 0 Å². The van der Waals surface area contributed by atoms with Gasteiger partial charge in [0.25, 0.3) is 0 Å². The van der Waals surface area contributed by atoms with Crippen LogP contribution < -0.4 is 0 Å². The smallest absolute Gasteiger partial charge is 0.0122 e. The third kappa shape index (κ3) is 1.16. The summed E-state index contributed by atoms with van der Waals surface area (Å²) >= 11 is 0. The molecule has 64 valence electrons. The van der Waals surface area contributed by atoms with Crippen LogP contribution in [-0.4, -0.2) is 0 Å². The fourth-order valence-electron chi connectivity index (χ4n) is 2.21. The van der Waals surface area contributed by atoms with Crippen molar-refractivity contribution in [2.45, 2.75) is 33.1 Å². The first-order valence-electron chi connectivity index (χ1n) is 4.82. The molecule has 0 radical (unpaired) electrons. The minimum Gasteiger partial charge on any atom is -0.0839 e. The van der Waals surface area contributed by atoms with Crippen LogP contribution in [0.2, 0.25) is 0 Å². The van der Waals surface area contributed by atoms with E-state index in [1.807, 2.05) is 0 Å². The summed E-state index contributed by atoms with van der Waals surface area (Å²) in [5.41, 5.74) is 4.74. The van der Waals surface area contributed by atoms with Crippen LogP contribution in [0.5, 0.6) is 0 Å². The molecule has 12 heavy (non-hydrogen) atoms. The summed E-state index contributed by atoms with van der Waals surface area (Å²) in [5, 5.41) is 0. The van der Waals surface area contributed by atoms with Gasteiger partial charge in [0.2, 0.25) is 0 Å². The van der Waals surface area contributed by atoms with E-state index in [0.717, 1.165) is 5.92 Å². The van der Waals surface area contributed by atoms with E-state index < -0.39 is 0 Å². The lowest BCUT2D eigenvalue weighted by molar-refractivity contribution is 0.542. The fourth-order valence-corrected chi connectivity index (χ4v) is 2.21. The molecule has 0 amide bonds. The minimum atomic E-state index is 0.832. The van der Waals surface area contributed by atoms with Gasteiger partial charge in [-0.3, -0.25) is 0 Å². The number of rotatable bonds is 0. The van der Waals surface area contributed by atoms with Gasteiger partial charge in [-0.15, -0.1) is 0 Å². The molecule has 0 nitrogen and oxygen atoms in total. The summed E-state index contributed by atoms with van der Waals surface area (Å²) in [6, 6.07) is 0. The van der Waals surface area contributed by atoms with Crippen LogP contribution in [0, 0.1) is 5.92 Å². The molecule has 0 saturated carbocycles. The van der Waals surface area contributed by atoms with Crippen LogP contribution in [0.3, 0.4) is 0 Å². The van der Waals surface area contributed by atoms with Crippen LogP contribution in [-0.2, 0) is 0 Å². The zero-order valence-corrected chi connectivity index (χ0v) is 7.93. The Kier molecular flexibility index (Phi) is 1.92. The van der Waals surface area contributed by atoms with Crippen LogP contribution in [0.4, 0.5) is 0 Å². The first-order chi connectivity index (χ1) is 5.79. The lowest BCUT2D eigenvalue weighted by Crippen LogP contribution is -2.13. The molecule has 0 spiro atoms. The van der Waals surface area contributed by atoms with Crippen LogP contribution in [0.1, 0.15) is 33.1 Å². The molecule has 0 bridgehead atoms. The van der Waals surface area contributed by atoms with Crippen molar-refractivity contribution in [1.82, 2.24) is 0 Å². The normalized spacial score (nSPS) is 28.5. The van der Waals surface area contributed by atoms with Crippen LogP contribution >= 0.6 is 0 Å². The van der Waals surface area contributed by atoms with Crippen molar-refractivity contribution in [2.24, 2.45) is 5.92 Å². The van der Waals surface area contributed by atoms with Gasteiger partial charge in [0, 0.05) is 0 Å². The summed E-state index contributed by atoms with van der Waals surface area (Å²) in [6.45, 7) is 4.54. The number of hydrogen-bond donors (Lipinski definition) is 0. The first kappa shape index (κ1) is 7.85.